The van der Waals surface area contributed by atoms with E-state index in [9.17, 15) is 4.79 Å². The van der Waals surface area contributed by atoms with Crippen LogP contribution in [0.15, 0.2) is 10.2 Å². The maximum absolute atomic E-state index is 10.0. The summed E-state index contributed by atoms with van der Waals surface area (Å²) in [6.07, 6.45) is 6.80. The van der Waals surface area contributed by atoms with Gasteiger partial charge in [0.1, 0.15) is 6.29 Å². The Bertz CT molecular complexity index is 134. The van der Waals surface area contributed by atoms with Crippen molar-refractivity contribution < 1.29 is 9.53 Å². The molecule has 0 saturated carbocycles. The Kier molecular flexibility index (Phi) is 9.27. The standard InChI is InChI=1S/C9H15IO2/c1-12-9(6-4-7-10)5-2-3-8-11/h4,7-9H,2-3,5-6H2,1H3/b7-4-/t9-/m0/s1. The highest BCUT2D eigenvalue weighted by Crippen LogP contribution is 2.08. The van der Waals surface area contributed by atoms with Gasteiger partial charge >= 0.3 is 0 Å². The maximum Gasteiger partial charge on any atom is 0.119 e. The van der Waals surface area contributed by atoms with Gasteiger partial charge in [-0.1, -0.05) is 28.7 Å². The zero-order valence-corrected chi connectivity index (χ0v) is 9.49. The molecule has 0 radical (unpaired) electrons. The Morgan fingerprint density at radius 2 is 2.33 bits per heavy atom. The van der Waals surface area contributed by atoms with Gasteiger partial charge in [0.2, 0.25) is 0 Å². The van der Waals surface area contributed by atoms with Crippen LogP contribution >= 0.6 is 22.6 Å². The van der Waals surface area contributed by atoms with Crippen molar-refractivity contribution in [3.8, 4) is 0 Å². The quantitative estimate of drug-likeness (QED) is 0.408. The van der Waals surface area contributed by atoms with E-state index in [4.69, 9.17) is 4.74 Å². The molecule has 0 aliphatic heterocycles. The number of ether oxygens (including phenoxy) is 1. The van der Waals surface area contributed by atoms with Crippen LogP contribution in [0, 0.1) is 0 Å². The molecule has 12 heavy (non-hydrogen) atoms. The van der Waals surface area contributed by atoms with E-state index < -0.39 is 0 Å². The van der Waals surface area contributed by atoms with Gasteiger partial charge in [-0.05, 0) is 23.3 Å². The monoisotopic (exact) mass is 282 g/mol. The largest absolute Gasteiger partial charge is 0.381 e. The van der Waals surface area contributed by atoms with Crippen LogP contribution < -0.4 is 0 Å². The molecule has 0 aromatic carbocycles. The van der Waals surface area contributed by atoms with Crippen LogP contribution in [0.5, 0.6) is 0 Å². The first-order valence-corrected chi connectivity index (χ1v) is 5.31. The lowest BCUT2D eigenvalue weighted by Gasteiger charge is -2.11. The Hall–Kier alpha value is 0.1000. The van der Waals surface area contributed by atoms with Crippen LogP contribution in [0.4, 0.5) is 0 Å². The minimum absolute atomic E-state index is 0.274. The first-order chi connectivity index (χ1) is 5.85. The lowest BCUT2D eigenvalue weighted by atomic mass is 10.1. The molecule has 1 atom stereocenters. The smallest absolute Gasteiger partial charge is 0.119 e. The molecule has 0 aromatic rings. The second kappa shape index (κ2) is 9.19. The van der Waals surface area contributed by atoms with E-state index >= 15 is 0 Å². The minimum atomic E-state index is 0.274. The fourth-order valence-electron chi connectivity index (χ4n) is 0.964. The molecule has 0 fully saturated rings. The first-order valence-electron chi connectivity index (χ1n) is 4.06. The van der Waals surface area contributed by atoms with E-state index in [2.05, 4.69) is 28.7 Å². The second-order valence-corrected chi connectivity index (χ2v) is 3.27. The zero-order chi connectivity index (χ0) is 9.23. The SMILES string of the molecule is CO[C@H](C/C=C\I)CCCC=O. The molecule has 0 aromatic heterocycles. The maximum atomic E-state index is 10.0. The number of aldehydes is 1. The van der Waals surface area contributed by atoms with Crippen LogP contribution in [0.1, 0.15) is 25.7 Å². The molecule has 0 N–H and O–H groups in total. The van der Waals surface area contributed by atoms with Crippen molar-refractivity contribution in [1.82, 2.24) is 0 Å². The van der Waals surface area contributed by atoms with Crippen molar-refractivity contribution >= 4 is 28.9 Å². The van der Waals surface area contributed by atoms with Crippen LogP contribution in [0.3, 0.4) is 0 Å². The van der Waals surface area contributed by atoms with Gasteiger partial charge in [0, 0.05) is 13.5 Å². The third kappa shape index (κ3) is 6.79. The molecule has 0 heterocycles. The predicted molar refractivity (Wildman–Crippen MR) is 58.5 cm³/mol. The summed E-state index contributed by atoms with van der Waals surface area (Å²) in [4.78, 5) is 10.0. The number of carbonyl (C=O) groups is 1. The fourth-order valence-corrected chi connectivity index (χ4v) is 1.26. The van der Waals surface area contributed by atoms with Crippen LogP contribution in [0.2, 0.25) is 0 Å². The van der Waals surface area contributed by atoms with E-state index in [0.717, 1.165) is 25.5 Å². The van der Waals surface area contributed by atoms with Gasteiger partial charge in [0.15, 0.2) is 0 Å². The van der Waals surface area contributed by atoms with Gasteiger partial charge in [-0.15, -0.1) is 0 Å². The normalized spacial score (nSPS) is 13.5. The second-order valence-electron chi connectivity index (χ2n) is 2.55. The number of unbranched alkanes of at least 4 members (excludes halogenated alkanes) is 1. The highest BCUT2D eigenvalue weighted by Gasteiger charge is 2.03. The molecule has 0 spiro atoms. The van der Waals surface area contributed by atoms with E-state index in [0.29, 0.717) is 6.42 Å². The van der Waals surface area contributed by atoms with E-state index in [1.165, 1.54) is 0 Å². The Morgan fingerprint density at radius 3 is 2.83 bits per heavy atom. The highest BCUT2D eigenvalue weighted by atomic mass is 127. The van der Waals surface area contributed by atoms with Gasteiger partial charge in [0.25, 0.3) is 0 Å². The van der Waals surface area contributed by atoms with Gasteiger partial charge in [-0.25, -0.2) is 0 Å². The van der Waals surface area contributed by atoms with Gasteiger partial charge in [0.05, 0.1) is 6.10 Å². The average Bonchev–Trinajstić information content (AvgIpc) is 2.11. The summed E-state index contributed by atoms with van der Waals surface area (Å²) in [5.41, 5.74) is 0. The summed E-state index contributed by atoms with van der Waals surface area (Å²) >= 11 is 2.19. The number of hydrogen-bond acceptors (Lipinski definition) is 2. The fraction of sp³-hybridized carbons (Fsp3) is 0.667. The zero-order valence-electron chi connectivity index (χ0n) is 7.33. The highest BCUT2D eigenvalue weighted by molar-refractivity contribution is 14.1. The molecular weight excluding hydrogens is 267 g/mol. The first kappa shape index (κ1) is 12.1. The molecule has 0 saturated heterocycles. The van der Waals surface area contributed by atoms with Crippen molar-refractivity contribution in [2.75, 3.05) is 7.11 Å². The predicted octanol–water partition coefficient (Wildman–Crippen LogP) is 2.71. The topological polar surface area (TPSA) is 26.3 Å². The van der Waals surface area contributed by atoms with Crippen molar-refractivity contribution in [3.63, 3.8) is 0 Å². The summed E-state index contributed by atoms with van der Waals surface area (Å²) in [6, 6.07) is 0. The summed E-state index contributed by atoms with van der Waals surface area (Å²) in [7, 11) is 1.71. The molecule has 0 amide bonds. The average molecular weight is 282 g/mol. The molecular formula is C9H15IO2. The molecule has 0 aliphatic carbocycles. The number of rotatable bonds is 7. The van der Waals surface area contributed by atoms with Crippen LogP contribution in [0.25, 0.3) is 0 Å². The van der Waals surface area contributed by atoms with Crippen molar-refractivity contribution in [2.24, 2.45) is 0 Å². The van der Waals surface area contributed by atoms with Crippen molar-refractivity contribution in [2.45, 2.75) is 31.8 Å². The molecule has 2 nitrogen and oxygen atoms in total. The molecule has 0 aliphatic rings. The van der Waals surface area contributed by atoms with E-state index in [1.807, 2.05) is 4.08 Å². The summed E-state index contributed by atoms with van der Waals surface area (Å²) < 4.78 is 7.22. The van der Waals surface area contributed by atoms with Gasteiger partial charge in [-0.2, -0.15) is 0 Å². The summed E-state index contributed by atoms with van der Waals surface area (Å²) in [6.45, 7) is 0. The third-order valence-corrected chi connectivity index (χ3v) is 2.18. The van der Waals surface area contributed by atoms with Crippen molar-refractivity contribution in [1.29, 1.82) is 0 Å². The lowest BCUT2D eigenvalue weighted by Crippen LogP contribution is -2.08. The number of methoxy groups -OCH3 is 1. The van der Waals surface area contributed by atoms with Crippen LogP contribution in [-0.2, 0) is 9.53 Å². The van der Waals surface area contributed by atoms with Gasteiger partial charge < -0.3 is 9.53 Å². The molecule has 0 unspecified atom stereocenters. The number of carbonyl (C=O) groups excluding carboxylic acids is 1. The lowest BCUT2D eigenvalue weighted by molar-refractivity contribution is -0.108. The Labute approximate surface area is 87.5 Å². The summed E-state index contributed by atoms with van der Waals surface area (Å²) in [5.74, 6) is 0. The Morgan fingerprint density at radius 1 is 1.58 bits per heavy atom. The summed E-state index contributed by atoms with van der Waals surface area (Å²) in [5, 5.41) is 0. The van der Waals surface area contributed by atoms with Gasteiger partial charge in [-0.3, -0.25) is 0 Å². The molecule has 0 rings (SSSR count). The molecule has 0 bridgehead atoms. The number of halogens is 1. The van der Waals surface area contributed by atoms with Crippen molar-refractivity contribution in [3.05, 3.63) is 10.2 Å². The Balaban J connectivity index is 3.45. The molecule has 3 heteroatoms. The molecule has 70 valence electrons. The van der Waals surface area contributed by atoms with Crippen LogP contribution in [-0.4, -0.2) is 19.5 Å². The third-order valence-electron chi connectivity index (χ3n) is 1.67. The number of hydrogen-bond donors (Lipinski definition) is 0. The van der Waals surface area contributed by atoms with E-state index in [1.54, 1.807) is 7.11 Å². The van der Waals surface area contributed by atoms with E-state index in [-0.39, 0.29) is 6.10 Å². The minimum Gasteiger partial charge on any atom is -0.381 e.